The summed E-state index contributed by atoms with van der Waals surface area (Å²) in [6.07, 6.45) is 7.65. The Labute approximate surface area is 127 Å². The quantitative estimate of drug-likeness (QED) is 0.440. The van der Waals surface area contributed by atoms with E-state index in [9.17, 15) is 0 Å². The lowest BCUT2D eigenvalue weighted by Gasteiger charge is -2.07. The molecule has 4 rings (SSSR count). The Kier molecular flexibility index (Phi) is 2.86. The number of hydrogen-bond acceptors (Lipinski definition) is 3. The molecule has 0 saturated carbocycles. The molecule has 2 aromatic carbocycles. The molecule has 4 nitrogen and oxygen atoms in total. The van der Waals surface area contributed by atoms with Crippen LogP contribution in [0.4, 0.5) is 11.4 Å². The summed E-state index contributed by atoms with van der Waals surface area (Å²) in [4.78, 5) is 4.28. The predicted octanol–water partition coefficient (Wildman–Crippen LogP) is 3.13. The Balaban J connectivity index is 1.82. The van der Waals surface area contributed by atoms with Gasteiger partial charge in [0.1, 0.15) is 5.69 Å². The van der Waals surface area contributed by atoms with E-state index in [0.29, 0.717) is 0 Å². The second-order valence-corrected chi connectivity index (χ2v) is 5.23. The molecule has 0 bridgehead atoms. The van der Waals surface area contributed by atoms with Crippen molar-refractivity contribution in [3.8, 4) is 0 Å². The first-order valence-electron chi connectivity index (χ1n) is 7.10. The summed E-state index contributed by atoms with van der Waals surface area (Å²) in [5.41, 5.74) is 11.1. The molecular weight excluding hydrogens is 272 g/mol. The first-order chi connectivity index (χ1) is 10.8. The van der Waals surface area contributed by atoms with Crippen LogP contribution in [0.3, 0.4) is 0 Å². The van der Waals surface area contributed by atoms with Crippen molar-refractivity contribution in [3.63, 3.8) is 0 Å². The number of benzene rings is 2. The van der Waals surface area contributed by atoms with Gasteiger partial charge in [-0.25, -0.2) is 0 Å². The predicted molar refractivity (Wildman–Crippen MR) is 89.3 cm³/mol. The van der Waals surface area contributed by atoms with Crippen molar-refractivity contribution in [2.24, 2.45) is 0 Å². The number of nitrogens with zero attached hydrogens (tertiary/aromatic N) is 2. The van der Waals surface area contributed by atoms with Gasteiger partial charge in [-0.3, -0.25) is 4.98 Å². The maximum absolute atomic E-state index is 6.12. The molecule has 0 amide bonds. The van der Waals surface area contributed by atoms with E-state index in [2.05, 4.69) is 28.6 Å². The van der Waals surface area contributed by atoms with E-state index < -0.39 is 0 Å². The smallest absolute Gasteiger partial charge is 0.207 e. The summed E-state index contributed by atoms with van der Waals surface area (Å²) in [5, 5.41) is 4.37. The average Bonchev–Trinajstić information content (AvgIpc) is 2.55. The van der Waals surface area contributed by atoms with Gasteiger partial charge in [0, 0.05) is 34.1 Å². The minimum atomic E-state index is 0.740. The summed E-state index contributed by atoms with van der Waals surface area (Å²) in [6, 6.07) is 16.2. The number of nitrogens with one attached hydrogen (secondary N) is 1. The van der Waals surface area contributed by atoms with E-state index in [1.165, 1.54) is 10.8 Å². The van der Waals surface area contributed by atoms with Crippen molar-refractivity contribution in [1.29, 1.82) is 0 Å². The normalized spacial score (nSPS) is 10.9. The van der Waals surface area contributed by atoms with Crippen LogP contribution in [-0.4, -0.2) is 4.98 Å². The molecule has 0 fully saturated rings. The summed E-state index contributed by atoms with van der Waals surface area (Å²) >= 11 is 0. The highest BCUT2D eigenvalue weighted by Gasteiger charge is 2.09. The Hall–Kier alpha value is -3.14. The van der Waals surface area contributed by atoms with Crippen molar-refractivity contribution in [1.82, 2.24) is 4.98 Å². The lowest BCUT2D eigenvalue weighted by atomic mass is 10.1. The molecule has 0 spiro atoms. The Morgan fingerprint density at radius 1 is 0.864 bits per heavy atom. The van der Waals surface area contributed by atoms with Gasteiger partial charge in [0.25, 0.3) is 0 Å². The summed E-state index contributed by atoms with van der Waals surface area (Å²) in [7, 11) is 0. The largest absolute Gasteiger partial charge is 0.398 e. The molecule has 106 valence electrons. The molecule has 0 saturated heterocycles. The topological polar surface area (TPSA) is 54.8 Å². The van der Waals surface area contributed by atoms with Crippen LogP contribution in [0.1, 0.15) is 0 Å². The minimum Gasteiger partial charge on any atom is -0.398 e. The Morgan fingerprint density at radius 2 is 1.68 bits per heavy atom. The van der Waals surface area contributed by atoms with Gasteiger partial charge in [-0.15, -0.1) is 0 Å². The maximum atomic E-state index is 6.12. The van der Waals surface area contributed by atoms with Gasteiger partial charge in [0.2, 0.25) is 6.20 Å². The van der Waals surface area contributed by atoms with Crippen LogP contribution >= 0.6 is 0 Å². The van der Waals surface area contributed by atoms with E-state index in [4.69, 9.17) is 5.73 Å². The summed E-state index contributed by atoms with van der Waals surface area (Å²) in [5.74, 6) is 0. The number of hydrogen-bond donors (Lipinski definition) is 2. The van der Waals surface area contributed by atoms with Crippen LogP contribution in [0.2, 0.25) is 0 Å². The van der Waals surface area contributed by atoms with Crippen LogP contribution in [0, 0.1) is 0 Å². The highest BCUT2D eigenvalue weighted by Crippen LogP contribution is 2.27. The fraction of sp³-hybridized carbons (Fsp3) is 0. The number of fused-ring (bicyclic) bond motifs is 2. The molecule has 2 aromatic heterocycles. The van der Waals surface area contributed by atoms with Crippen molar-refractivity contribution < 1.29 is 4.68 Å². The van der Waals surface area contributed by atoms with Gasteiger partial charge in [-0.2, -0.15) is 5.43 Å². The third kappa shape index (κ3) is 2.11. The molecule has 0 atom stereocenters. The van der Waals surface area contributed by atoms with Gasteiger partial charge in [-0.1, -0.05) is 35.0 Å². The number of nitrogens with two attached hydrogens (primary N) is 1. The van der Waals surface area contributed by atoms with Crippen molar-refractivity contribution >= 4 is 32.9 Å². The van der Waals surface area contributed by atoms with Gasteiger partial charge in [0.05, 0.1) is 6.20 Å². The van der Waals surface area contributed by atoms with Crippen LogP contribution in [0.15, 0.2) is 73.3 Å². The third-order valence-electron chi connectivity index (χ3n) is 3.75. The van der Waals surface area contributed by atoms with E-state index in [-0.39, 0.29) is 0 Å². The molecule has 4 aromatic rings. The van der Waals surface area contributed by atoms with Crippen molar-refractivity contribution in [2.45, 2.75) is 0 Å². The molecule has 4 heteroatoms. The average molecular weight is 287 g/mol. The van der Waals surface area contributed by atoms with Crippen LogP contribution < -0.4 is 15.8 Å². The monoisotopic (exact) mass is 287 g/mol. The standard InChI is InChI=1S/C18H15N4/c19-16-7-3-6-14-10-20-11-17(18(14)16)21-22-9-8-13-4-1-2-5-15(13)12-22/h1-12,21H,19H2/q+1. The van der Waals surface area contributed by atoms with Gasteiger partial charge < -0.3 is 5.73 Å². The summed E-state index contributed by atoms with van der Waals surface area (Å²) in [6.45, 7) is 0. The van der Waals surface area contributed by atoms with Gasteiger partial charge in [-0.05, 0) is 17.5 Å². The highest BCUT2D eigenvalue weighted by atomic mass is 15.4. The molecule has 22 heavy (non-hydrogen) atoms. The zero-order valence-corrected chi connectivity index (χ0v) is 11.9. The van der Waals surface area contributed by atoms with E-state index in [1.807, 2.05) is 53.6 Å². The zero-order valence-electron chi connectivity index (χ0n) is 11.9. The second kappa shape index (κ2) is 5.00. The SMILES string of the molecule is Nc1cccc2cncc(N[n+]3ccc4ccccc4c3)c12. The third-order valence-corrected chi connectivity index (χ3v) is 3.75. The fourth-order valence-corrected chi connectivity index (χ4v) is 2.69. The molecule has 0 unspecified atom stereocenters. The second-order valence-electron chi connectivity index (χ2n) is 5.23. The molecule has 3 N–H and O–H groups in total. The number of rotatable bonds is 2. The van der Waals surface area contributed by atoms with E-state index in [1.54, 1.807) is 6.20 Å². The lowest BCUT2D eigenvalue weighted by Crippen LogP contribution is -2.41. The number of pyridine rings is 2. The number of nitrogen functional groups attached to an aromatic ring is 1. The van der Waals surface area contributed by atoms with E-state index in [0.717, 1.165) is 22.1 Å². The molecule has 2 heterocycles. The highest BCUT2D eigenvalue weighted by molar-refractivity contribution is 6.01. The Morgan fingerprint density at radius 3 is 2.59 bits per heavy atom. The molecule has 0 aliphatic heterocycles. The molecule has 0 aliphatic carbocycles. The minimum absolute atomic E-state index is 0.740. The van der Waals surface area contributed by atoms with Crippen molar-refractivity contribution in [3.05, 3.63) is 73.3 Å². The van der Waals surface area contributed by atoms with E-state index >= 15 is 0 Å². The number of anilines is 2. The molecular formula is C18H15N4+. The van der Waals surface area contributed by atoms with Crippen LogP contribution in [0.5, 0.6) is 0 Å². The van der Waals surface area contributed by atoms with Gasteiger partial charge >= 0.3 is 0 Å². The van der Waals surface area contributed by atoms with Gasteiger partial charge in [0.15, 0.2) is 6.20 Å². The van der Waals surface area contributed by atoms with Crippen molar-refractivity contribution in [2.75, 3.05) is 11.2 Å². The maximum Gasteiger partial charge on any atom is 0.207 e. The fourth-order valence-electron chi connectivity index (χ4n) is 2.69. The Bertz CT molecular complexity index is 973. The molecule has 0 aliphatic rings. The first-order valence-corrected chi connectivity index (χ1v) is 7.10. The zero-order chi connectivity index (χ0) is 14.9. The van der Waals surface area contributed by atoms with Crippen LogP contribution in [0.25, 0.3) is 21.5 Å². The summed E-state index contributed by atoms with van der Waals surface area (Å²) < 4.78 is 1.92. The first kappa shape index (κ1) is 12.6. The molecule has 0 radical (unpaired) electrons. The lowest BCUT2D eigenvalue weighted by molar-refractivity contribution is -0.641. The van der Waals surface area contributed by atoms with Crippen LogP contribution in [-0.2, 0) is 0 Å². The number of aromatic nitrogens is 2.